The molecule has 0 aromatic heterocycles. The van der Waals surface area contributed by atoms with Crippen molar-refractivity contribution in [1.29, 1.82) is 0 Å². The minimum Gasteiger partial charge on any atom is -0.458 e. The van der Waals surface area contributed by atoms with Crippen LogP contribution < -0.4 is 0 Å². The fourth-order valence-corrected chi connectivity index (χ4v) is 1.32. The average Bonchev–Trinajstić information content (AvgIpc) is 2.27. The van der Waals surface area contributed by atoms with Crippen molar-refractivity contribution in [2.75, 3.05) is 0 Å². The molecule has 0 aliphatic rings. The second kappa shape index (κ2) is 5.42. The van der Waals surface area contributed by atoms with E-state index in [1.165, 1.54) is 12.1 Å². The van der Waals surface area contributed by atoms with Gasteiger partial charge in [0.1, 0.15) is 6.10 Å². The summed E-state index contributed by atoms with van der Waals surface area (Å²) in [6.07, 6.45) is -4.90. The molecule has 0 fully saturated rings. The van der Waals surface area contributed by atoms with Gasteiger partial charge in [0, 0.05) is 0 Å². The second-order valence-corrected chi connectivity index (χ2v) is 4.35. The molecular formula is C13H15F3O2. The van der Waals surface area contributed by atoms with Gasteiger partial charge in [-0.05, 0) is 24.6 Å². The highest BCUT2D eigenvalue weighted by molar-refractivity contribution is 5.71. The van der Waals surface area contributed by atoms with E-state index in [-0.39, 0.29) is 11.9 Å². The number of hydrogen-bond acceptors (Lipinski definition) is 2. The highest BCUT2D eigenvalue weighted by Crippen LogP contribution is 2.30. The molecule has 0 aliphatic carbocycles. The zero-order valence-electron chi connectivity index (χ0n) is 10.4. The van der Waals surface area contributed by atoms with Gasteiger partial charge in [-0.3, -0.25) is 4.79 Å². The fourth-order valence-electron chi connectivity index (χ4n) is 1.32. The molecule has 0 saturated heterocycles. The van der Waals surface area contributed by atoms with Crippen molar-refractivity contribution in [2.45, 2.75) is 33.1 Å². The Morgan fingerprint density at radius 2 is 1.61 bits per heavy atom. The predicted octanol–water partition coefficient (Wildman–Crippen LogP) is 3.97. The maximum atomic E-state index is 12.4. The lowest BCUT2D eigenvalue weighted by atomic mass is 10.1. The Bertz CT molecular complexity index is 407. The van der Waals surface area contributed by atoms with Gasteiger partial charge in [-0.1, -0.05) is 26.0 Å². The third-order valence-electron chi connectivity index (χ3n) is 2.47. The number of ether oxygens (including phenoxy) is 1. The Kier molecular flexibility index (Phi) is 4.38. The smallest absolute Gasteiger partial charge is 0.416 e. The van der Waals surface area contributed by atoms with Gasteiger partial charge in [0.25, 0.3) is 0 Å². The summed E-state index contributed by atoms with van der Waals surface area (Å²) in [5, 5.41) is 0. The van der Waals surface area contributed by atoms with Gasteiger partial charge in [-0.25, -0.2) is 0 Å². The predicted molar refractivity (Wildman–Crippen MR) is 60.8 cm³/mol. The molecule has 0 bridgehead atoms. The molecule has 1 rings (SSSR count). The summed E-state index contributed by atoms with van der Waals surface area (Å²) >= 11 is 0. The maximum Gasteiger partial charge on any atom is 0.416 e. The molecule has 1 unspecified atom stereocenters. The first-order valence-corrected chi connectivity index (χ1v) is 5.59. The number of esters is 1. The Morgan fingerprint density at radius 1 is 1.11 bits per heavy atom. The summed E-state index contributed by atoms with van der Waals surface area (Å²) in [6, 6.07) is 4.60. The molecule has 18 heavy (non-hydrogen) atoms. The zero-order chi connectivity index (χ0) is 13.9. The fraction of sp³-hybridized carbons (Fsp3) is 0.462. The Balaban J connectivity index is 2.76. The van der Waals surface area contributed by atoms with Crippen LogP contribution in [0.1, 0.15) is 38.0 Å². The number of carbonyl (C=O) groups excluding carboxylic acids is 1. The molecule has 100 valence electrons. The molecule has 5 heteroatoms. The van der Waals surface area contributed by atoms with E-state index in [4.69, 9.17) is 4.74 Å². The van der Waals surface area contributed by atoms with Crippen LogP contribution in [0, 0.1) is 5.92 Å². The van der Waals surface area contributed by atoms with E-state index in [0.717, 1.165) is 12.1 Å². The van der Waals surface area contributed by atoms with Crippen LogP contribution in [-0.4, -0.2) is 5.97 Å². The minimum absolute atomic E-state index is 0.262. The summed E-state index contributed by atoms with van der Waals surface area (Å²) in [5.41, 5.74) is -0.175. The quantitative estimate of drug-likeness (QED) is 0.769. The number of halogens is 3. The van der Waals surface area contributed by atoms with Crippen LogP contribution in [0.25, 0.3) is 0 Å². The van der Waals surface area contributed by atoms with Crippen LogP contribution in [0.5, 0.6) is 0 Å². The van der Waals surface area contributed by atoms with Gasteiger partial charge in [0.2, 0.25) is 0 Å². The lowest BCUT2D eigenvalue weighted by Crippen LogP contribution is -2.14. The molecule has 0 N–H and O–H groups in total. The van der Waals surface area contributed by atoms with Crippen LogP contribution in [0.4, 0.5) is 13.2 Å². The lowest BCUT2D eigenvalue weighted by molar-refractivity contribution is -0.152. The standard InChI is InChI=1S/C13H15F3O2/c1-8(2)12(17)18-9(3)10-4-6-11(7-5-10)13(14,15)16/h4-9H,1-3H3. The van der Waals surface area contributed by atoms with Gasteiger partial charge >= 0.3 is 12.1 Å². The molecular weight excluding hydrogens is 245 g/mol. The molecule has 1 aromatic rings. The molecule has 0 radical (unpaired) electrons. The van der Waals surface area contributed by atoms with Crippen LogP contribution in [0.3, 0.4) is 0 Å². The molecule has 1 atom stereocenters. The highest BCUT2D eigenvalue weighted by atomic mass is 19.4. The van der Waals surface area contributed by atoms with Crippen molar-refractivity contribution < 1.29 is 22.7 Å². The third-order valence-corrected chi connectivity index (χ3v) is 2.47. The normalized spacial score (nSPS) is 13.5. The Morgan fingerprint density at radius 3 is 2.00 bits per heavy atom. The van der Waals surface area contributed by atoms with Crippen LogP contribution in [0.2, 0.25) is 0 Å². The van der Waals surface area contributed by atoms with Gasteiger partial charge in [-0.2, -0.15) is 13.2 Å². The van der Waals surface area contributed by atoms with Crippen molar-refractivity contribution in [1.82, 2.24) is 0 Å². The summed E-state index contributed by atoms with van der Waals surface area (Å²) in [6.45, 7) is 5.02. The number of carbonyl (C=O) groups is 1. The van der Waals surface area contributed by atoms with E-state index in [9.17, 15) is 18.0 Å². The Hall–Kier alpha value is -1.52. The van der Waals surface area contributed by atoms with Gasteiger partial charge in [-0.15, -0.1) is 0 Å². The average molecular weight is 260 g/mol. The monoisotopic (exact) mass is 260 g/mol. The topological polar surface area (TPSA) is 26.3 Å². The SMILES string of the molecule is CC(C)C(=O)OC(C)c1ccc(C(F)(F)F)cc1. The first-order valence-electron chi connectivity index (χ1n) is 5.59. The molecule has 0 saturated carbocycles. The van der Waals surface area contributed by atoms with Crippen molar-refractivity contribution in [2.24, 2.45) is 5.92 Å². The first-order chi connectivity index (χ1) is 8.21. The number of alkyl halides is 3. The minimum atomic E-state index is -4.35. The van der Waals surface area contributed by atoms with Crippen molar-refractivity contribution in [3.05, 3.63) is 35.4 Å². The van der Waals surface area contributed by atoms with Crippen molar-refractivity contribution >= 4 is 5.97 Å². The lowest BCUT2D eigenvalue weighted by Gasteiger charge is -2.16. The largest absolute Gasteiger partial charge is 0.458 e. The highest BCUT2D eigenvalue weighted by Gasteiger charge is 2.30. The van der Waals surface area contributed by atoms with E-state index in [2.05, 4.69) is 0 Å². The van der Waals surface area contributed by atoms with Crippen LogP contribution >= 0.6 is 0 Å². The summed E-state index contributed by atoms with van der Waals surface area (Å²) < 4.78 is 42.2. The van der Waals surface area contributed by atoms with E-state index in [1.807, 2.05) is 0 Å². The van der Waals surface area contributed by atoms with Gasteiger partial charge in [0.15, 0.2) is 0 Å². The van der Waals surface area contributed by atoms with E-state index >= 15 is 0 Å². The third kappa shape index (κ3) is 3.75. The number of hydrogen-bond donors (Lipinski definition) is 0. The number of benzene rings is 1. The van der Waals surface area contributed by atoms with Crippen molar-refractivity contribution in [3.8, 4) is 0 Å². The molecule has 0 heterocycles. The summed E-state index contributed by atoms with van der Waals surface area (Å²) in [5.74, 6) is -0.635. The maximum absolute atomic E-state index is 12.4. The molecule has 1 aromatic carbocycles. The zero-order valence-corrected chi connectivity index (χ0v) is 10.4. The van der Waals surface area contributed by atoms with E-state index in [1.54, 1.807) is 20.8 Å². The molecule has 0 spiro atoms. The Labute approximate surface area is 104 Å². The molecule has 0 amide bonds. The van der Waals surface area contributed by atoms with E-state index < -0.39 is 17.8 Å². The van der Waals surface area contributed by atoms with E-state index in [0.29, 0.717) is 5.56 Å². The second-order valence-electron chi connectivity index (χ2n) is 4.35. The van der Waals surface area contributed by atoms with Crippen molar-refractivity contribution in [3.63, 3.8) is 0 Å². The van der Waals surface area contributed by atoms with Gasteiger partial charge < -0.3 is 4.74 Å². The van der Waals surface area contributed by atoms with Crippen LogP contribution in [0.15, 0.2) is 24.3 Å². The van der Waals surface area contributed by atoms with Gasteiger partial charge in [0.05, 0.1) is 11.5 Å². The first kappa shape index (κ1) is 14.5. The number of rotatable bonds is 3. The summed E-state index contributed by atoms with van der Waals surface area (Å²) in [4.78, 5) is 11.4. The molecule has 0 aliphatic heterocycles. The van der Waals surface area contributed by atoms with Crippen LogP contribution in [-0.2, 0) is 15.7 Å². The summed E-state index contributed by atoms with van der Waals surface area (Å²) in [7, 11) is 0. The molecule has 2 nitrogen and oxygen atoms in total.